The van der Waals surface area contributed by atoms with Crippen molar-refractivity contribution in [2.75, 3.05) is 25.6 Å². The molecule has 0 aliphatic carbocycles. The van der Waals surface area contributed by atoms with Gasteiger partial charge in [-0.1, -0.05) is 30.3 Å². The zero-order valence-electron chi connectivity index (χ0n) is 14.2. The monoisotopic (exact) mass is 334 g/mol. The molecular weight excluding hydrogens is 316 g/mol. The van der Waals surface area contributed by atoms with Crippen molar-refractivity contribution < 1.29 is 14.3 Å². The van der Waals surface area contributed by atoms with Crippen LogP contribution in [0.3, 0.4) is 0 Å². The predicted molar refractivity (Wildman–Crippen MR) is 95.2 cm³/mol. The third-order valence-corrected chi connectivity index (χ3v) is 4.80. The Labute approximate surface area is 146 Å². The third-order valence-electron chi connectivity index (χ3n) is 4.80. The van der Waals surface area contributed by atoms with Gasteiger partial charge in [-0.25, -0.2) is 0 Å². The minimum Gasteiger partial charge on any atom is -0.497 e. The summed E-state index contributed by atoms with van der Waals surface area (Å²) in [7, 11) is 3.13. The summed E-state index contributed by atoms with van der Waals surface area (Å²) < 4.78 is 5.19. The second-order valence-corrected chi connectivity index (χ2v) is 6.15. The largest absolute Gasteiger partial charge is 0.497 e. The number of carbonyl (C=O) groups excluding carboxylic acids is 2. The van der Waals surface area contributed by atoms with Crippen molar-refractivity contribution in [3.63, 3.8) is 0 Å². The molecule has 5 nitrogen and oxygen atoms in total. The molecule has 0 atom stereocenters. The number of methoxy groups -OCH3 is 1. The fraction of sp³-hybridized carbons (Fsp3) is 0.200. The molecule has 2 heterocycles. The summed E-state index contributed by atoms with van der Waals surface area (Å²) in [6, 6.07) is 15.2. The average Bonchev–Trinajstić information content (AvgIpc) is 3.16. The summed E-state index contributed by atoms with van der Waals surface area (Å²) in [5.41, 5.74) is 3.83. The molecule has 2 aromatic carbocycles. The minimum absolute atomic E-state index is 0.257. The molecule has 0 bridgehead atoms. The van der Waals surface area contributed by atoms with Crippen LogP contribution >= 0.6 is 0 Å². The smallest absolute Gasteiger partial charge is 0.277 e. The highest BCUT2D eigenvalue weighted by molar-refractivity contribution is 6.36. The number of likely N-dealkylation sites (N-methyl/N-ethyl adjacent to an activating group) is 1. The van der Waals surface area contributed by atoms with Crippen LogP contribution in [0, 0.1) is 0 Å². The van der Waals surface area contributed by atoms with Gasteiger partial charge < -0.3 is 9.64 Å². The van der Waals surface area contributed by atoms with Crippen molar-refractivity contribution in [2.24, 2.45) is 0 Å². The Kier molecular flexibility index (Phi) is 3.57. The van der Waals surface area contributed by atoms with E-state index in [1.165, 1.54) is 17.5 Å². The fourth-order valence-corrected chi connectivity index (χ4v) is 3.47. The van der Waals surface area contributed by atoms with Gasteiger partial charge in [0.1, 0.15) is 11.4 Å². The van der Waals surface area contributed by atoms with E-state index in [0.717, 1.165) is 17.7 Å². The lowest BCUT2D eigenvalue weighted by Gasteiger charge is -2.21. The topological polar surface area (TPSA) is 49.9 Å². The first-order valence-electron chi connectivity index (χ1n) is 8.18. The van der Waals surface area contributed by atoms with Gasteiger partial charge in [0.15, 0.2) is 0 Å². The molecule has 2 aromatic rings. The molecule has 5 heteroatoms. The number of imide groups is 1. The molecule has 25 heavy (non-hydrogen) atoms. The first-order chi connectivity index (χ1) is 12.1. The van der Waals surface area contributed by atoms with Gasteiger partial charge in [0, 0.05) is 19.3 Å². The van der Waals surface area contributed by atoms with Gasteiger partial charge in [0.25, 0.3) is 11.8 Å². The van der Waals surface area contributed by atoms with Gasteiger partial charge in [0.05, 0.1) is 12.7 Å². The van der Waals surface area contributed by atoms with Crippen LogP contribution in [0.4, 0.5) is 5.69 Å². The van der Waals surface area contributed by atoms with E-state index in [9.17, 15) is 9.59 Å². The Morgan fingerprint density at radius 2 is 1.68 bits per heavy atom. The Morgan fingerprint density at radius 1 is 0.960 bits per heavy atom. The number of carbonyl (C=O) groups is 2. The van der Waals surface area contributed by atoms with Gasteiger partial charge in [0.2, 0.25) is 0 Å². The molecule has 2 amide bonds. The first-order valence-corrected chi connectivity index (χ1v) is 8.18. The number of hydrogen-bond donors (Lipinski definition) is 0. The number of para-hydroxylation sites is 1. The molecule has 126 valence electrons. The number of benzene rings is 2. The number of amides is 2. The molecule has 0 aromatic heterocycles. The normalized spacial score (nSPS) is 16.7. The summed E-state index contributed by atoms with van der Waals surface area (Å²) in [4.78, 5) is 28.7. The van der Waals surface area contributed by atoms with E-state index in [1.807, 2.05) is 35.2 Å². The highest BCUT2D eigenvalue weighted by atomic mass is 16.5. The lowest BCUT2D eigenvalue weighted by Crippen LogP contribution is -2.31. The number of nitrogens with zero attached hydrogens (tertiary/aromatic N) is 2. The quantitative estimate of drug-likeness (QED) is 0.809. The molecule has 0 unspecified atom stereocenters. The van der Waals surface area contributed by atoms with Crippen LogP contribution in [0.1, 0.15) is 11.1 Å². The zero-order chi connectivity index (χ0) is 17.6. The Morgan fingerprint density at radius 3 is 2.40 bits per heavy atom. The number of rotatable bonds is 3. The SMILES string of the molecule is COc1ccc(C2=C(N3CCc4ccccc43)C(=O)N(C)C2=O)cc1. The minimum atomic E-state index is -0.269. The summed E-state index contributed by atoms with van der Waals surface area (Å²) in [5, 5.41) is 0. The van der Waals surface area contributed by atoms with Crippen LogP contribution in [-0.2, 0) is 16.0 Å². The van der Waals surface area contributed by atoms with Crippen molar-refractivity contribution in [3.8, 4) is 5.75 Å². The Balaban J connectivity index is 1.87. The van der Waals surface area contributed by atoms with Gasteiger partial charge in [-0.2, -0.15) is 0 Å². The highest BCUT2D eigenvalue weighted by Crippen LogP contribution is 2.38. The van der Waals surface area contributed by atoms with E-state index in [2.05, 4.69) is 6.07 Å². The molecular formula is C20H18N2O3. The second-order valence-electron chi connectivity index (χ2n) is 6.15. The lowest BCUT2D eigenvalue weighted by molar-refractivity contribution is -0.135. The summed E-state index contributed by atoms with van der Waals surface area (Å²) in [5.74, 6) is 0.185. The zero-order valence-corrected chi connectivity index (χ0v) is 14.2. The number of ether oxygens (including phenoxy) is 1. The van der Waals surface area contributed by atoms with Crippen molar-refractivity contribution in [2.45, 2.75) is 6.42 Å². The van der Waals surface area contributed by atoms with Gasteiger partial charge in [-0.15, -0.1) is 0 Å². The summed E-state index contributed by atoms with van der Waals surface area (Å²) in [6.45, 7) is 0.696. The van der Waals surface area contributed by atoms with Gasteiger partial charge >= 0.3 is 0 Å². The van der Waals surface area contributed by atoms with Crippen LogP contribution in [0.25, 0.3) is 5.57 Å². The number of anilines is 1. The molecule has 0 N–H and O–H groups in total. The lowest BCUT2D eigenvalue weighted by atomic mass is 10.0. The molecule has 2 aliphatic heterocycles. The molecule has 0 saturated heterocycles. The van der Waals surface area contributed by atoms with Crippen molar-refractivity contribution in [1.82, 2.24) is 4.90 Å². The van der Waals surface area contributed by atoms with Crippen molar-refractivity contribution in [3.05, 3.63) is 65.4 Å². The van der Waals surface area contributed by atoms with Crippen LogP contribution in [-0.4, -0.2) is 37.4 Å². The van der Waals surface area contributed by atoms with E-state index >= 15 is 0 Å². The number of fused-ring (bicyclic) bond motifs is 1. The molecule has 4 rings (SSSR count). The van der Waals surface area contributed by atoms with Crippen LogP contribution in [0.15, 0.2) is 54.2 Å². The summed E-state index contributed by atoms with van der Waals surface area (Å²) in [6.07, 6.45) is 0.862. The van der Waals surface area contributed by atoms with Gasteiger partial charge in [-0.05, 0) is 35.7 Å². The second kappa shape index (κ2) is 5.77. The maximum atomic E-state index is 12.8. The first kappa shape index (κ1) is 15.4. The van der Waals surface area contributed by atoms with E-state index in [-0.39, 0.29) is 11.8 Å². The summed E-state index contributed by atoms with van der Waals surface area (Å²) >= 11 is 0. The van der Waals surface area contributed by atoms with E-state index < -0.39 is 0 Å². The predicted octanol–water partition coefficient (Wildman–Crippen LogP) is 2.47. The van der Waals surface area contributed by atoms with E-state index in [0.29, 0.717) is 23.6 Å². The van der Waals surface area contributed by atoms with Crippen LogP contribution in [0.5, 0.6) is 5.75 Å². The van der Waals surface area contributed by atoms with Gasteiger partial charge in [-0.3, -0.25) is 14.5 Å². The standard InChI is InChI=1S/C20H18N2O3/c1-21-19(23)17(14-7-9-15(25-2)10-8-14)18(20(21)24)22-12-11-13-5-3-4-6-16(13)22/h3-10H,11-12H2,1-2H3. The molecule has 0 radical (unpaired) electrons. The fourth-order valence-electron chi connectivity index (χ4n) is 3.47. The number of hydrogen-bond acceptors (Lipinski definition) is 4. The Bertz CT molecular complexity index is 899. The van der Waals surface area contributed by atoms with E-state index in [1.54, 1.807) is 19.2 Å². The average molecular weight is 334 g/mol. The third kappa shape index (κ3) is 2.31. The maximum Gasteiger partial charge on any atom is 0.277 e. The maximum absolute atomic E-state index is 12.8. The van der Waals surface area contributed by atoms with E-state index in [4.69, 9.17) is 4.74 Å². The van der Waals surface area contributed by atoms with Crippen LogP contribution < -0.4 is 9.64 Å². The molecule has 2 aliphatic rings. The Hall–Kier alpha value is -3.08. The highest BCUT2D eigenvalue weighted by Gasteiger charge is 2.41. The van der Waals surface area contributed by atoms with Crippen molar-refractivity contribution >= 4 is 23.1 Å². The molecule has 0 spiro atoms. The van der Waals surface area contributed by atoms with Crippen molar-refractivity contribution in [1.29, 1.82) is 0 Å². The van der Waals surface area contributed by atoms with Crippen LogP contribution in [0.2, 0.25) is 0 Å². The molecule has 0 fully saturated rings. The molecule has 0 saturated carbocycles.